The molecule has 2 heterocycles. The quantitative estimate of drug-likeness (QED) is 0.840. The highest BCUT2D eigenvalue weighted by molar-refractivity contribution is 5.54. The minimum absolute atomic E-state index is 0.171. The van der Waals surface area contributed by atoms with Gasteiger partial charge in [-0.3, -0.25) is 10.0 Å². The molecule has 3 rings (SSSR count). The van der Waals surface area contributed by atoms with E-state index in [0.29, 0.717) is 0 Å². The van der Waals surface area contributed by atoms with Gasteiger partial charge in [0.25, 0.3) is 0 Å². The lowest BCUT2D eigenvalue weighted by atomic mass is 9.97. The van der Waals surface area contributed by atoms with E-state index in [1.807, 2.05) is 12.4 Å². The highest BCUT2D eigenvalue weighted by Crippen LogP contribution is 2.28. The van der Waals surface area contributed by atoms with Crippen molar-refractivity contribution in [1.29, 1.82) is 0 Å². The summed E-state index contributed by atoms with van der Waals surface area (Å²) in [5, 5.41) is 2.06. The number of benzene rings is 1. The SMILES string of the molecule is N[C@H](CCNN1C=NCCC1)CC1CCc2ccccc2O1. The maximum Gasteiger partial charge on any atom is 0.122 e. The summed E-state index contributed by atoms with van der Waals surface area (Å²) in [6.07, 6.45) is 7.28. The summed E-state index contributed by atoms with van der Waals surface area (Å²) in [6.45, 7) is 2.86. The van der Waals surface area contributed by atoms with E-state index in [1.165, 1.54) is 5.56 Å². The van der Waals surface area contributed by atoms with Crippen LogP contribution in [0, 0.1) is 0 Å². The van der Waals surface area contributed by atoms with Crippen LogP contribution in [-0.2, 0) is 6.42 Å². The Morgan fingerprint density at radius 3 is 3.18 bits per heavy atom. The Morgan fingerprint density at radius 2 is 2.32 bits per heavy atom. The zero-order valence-electron chi connectivity index (χ0n) is 13.1. The van der Waals surface area contributed by atoms with Gasteiger partial charge in [0.1, 0.15) is 11.9 Å². The first kappa shape index (κ1) is 15.3. The van der Waals surface area contributed by atoms with Crippen molar-refractivity contribution in [2.75, 3.05) is 19.6 Å². The van der Waals surface area contributed by atoms with Crippen molar-refractivity contribution in [2.24, 2.45) is 10.7 Å². The van der Waals surface area contributed by atoms with E-state index >= 15 is 0 Å². The number of aliphatic imine (C=N–C) groups is 1. The Hall–Kier alpha value is -1.59. The second kappa shape index (κ2) is 7.61. The monoisotopic (exact) mass is 302 g/mol. The third kappa shape index (κ3) is 4.21. The average molecular weight is 302 g/mol. The van der Waals surface area contributed by atoms with Gasteiger partial charge in [0.15, 0.2) is 0 Å². The first-order valence-corrected chi connectivity index (χ1v) is 8.31. The fourth-order valence-electron chi connectivity index (χ4n) is 3.06. The molecule has 2 aliphatic rings. The predicted octanol–water partition coefficient (Wildman–Crippen LogP) is 1.73. The van der Waals surface area contributed by atoms with E-state index in [-0.39, 0.29) is 12.1 Å². The maximum atomic E-state index is 6.27. The molecule has 1 unspecified atom stereocenters. The molecule has 22 heavy (non-hydrogen) atoms. The van der Waals surface area contributed by atoms with Crippen LogP contribution < -0.4 is 15.9 Å². The molecule has 0 saturated carbocycles. The second-order valence-electron chi connectivity index (χ2n) is 6.15. The Kier molecular flexibility index (Phi) is 5.29. The molecule has 1 aromatic carbocycles. The van der Waals surface area contributed by atoms with E-state index < -0.39 is 0 Å². The lowest BCUT2D eigenvalue weighted by molar-refractivity contribution is 0.152. The Bertz CT molecular complexity index is 505. The van der Waals surface area contributed by atoms with E-state index in [4.69, 9.17) is 10.5 Å². The van der Waals surface area contributed by atoms with Crippen LogP contribution in [-0.4, -0.2) is 43.1 Å². The van der Waals surface area contributed by atoms with Gasteiger partial charge in [-0.25, -0.2) is 5.43 Å². The molecule has 0 saturated heterocycles. The molecule has 2 aliphatic heterocycles. The lowest BCUT2D eigenvalue weighted by Crippen LogP contribution is -2.42. The average Bonchev–Trinajstić information content (AvgIpc) is 2.56. The molecule has 0 fully saturated rings. The van der Waals surface area contributed by atoms with Crippen LogP contribution in [0.2, 0.25) is 0 Å². The summed E-state index contributed by atoms with van der Waals surface area (Å²) in [7, 11) is 0. The molecule has 0 bridgehead atoms. The number of nitrogens with zero attached hydrogens (tertiary/aromatic N) is 2. The number of aryl methyl sites for hydroxylation is 1. The van der Waals surface area contributed by atoms with Gasteiger partial charge in [-0.2, -0.15) is 0 Å². The molecule has 5 heteroatoms. The maximum absolute atomic E-state index is 6.27. The fraction of sp³-hybridized carbons (Fsp3) is 0.588. The lowest BCUT2D eigenvalue weighted by Gasteiger charge is -2.28. The van der Waals surface area contributed by atoms with Crippen LogP contribution in [0.25, 0.3) is 0 Å². The number of hydrazine groups is 1. The summed E-state index contributed by atoms with van der Waals surface area (Å²) >= 11 is 0. The molecule has 5 nitrogen and oxygen atoms in total. The third-order valence-corrected chi connectivity index (χ3v) is 4.30. The fourth-order valence-corrected chi connectivity index (χ4v) is 3.06. The molecule has 0 aromatic heterocycles. The normalized spacial score (nSPS) is 22.0. The number of rotatable bonds is 6. The van der Waals surface area contributed by atoms with Crippen LogP contribution in [0.15, 0.2) is 29.3 Å². The Morgan fingerprint density at radius 1 is 1.41 bits per heavy atom. The number of hydrogen-bond donors (Lipinski definition) is 2. The molecule has 3 N–H and O–H groups in total. The van der Waals surface area contributed by atoms with Crippen molar-refractivity contribution in [1.82, 2.24) is 10.4 Å². The predicted molar refractivity (Wildman–Crippen MR) is 89.1 cm³/mol. The van der Waals surface area contributed by atoms with Crippen molar-refractivity contribution in [3.63, 3.8) is 0 Å². The van der Waals surface area contributed by atoms with Gasteiger partial charge in [0.2, 0.25) is 0 Å². The zero-order chi connectivity index (χ0) is 15.2. The summed E-state index contributed by atoms with van der Waals surface area (Å²) in [5.41, 5.74) is 11.0. The molecule has 0 radical (unpaired) electrons. The molecule has 0 spiro atoms. The molecule has 0 amide bonds. The molecule has 120 valence electrons. The highest BCUT2D eigenvalue weighted by atomic mass is 16.5. The first-order valence-electron chi connectivity index (χ1n) is 8.31. The second-order valence-corrected chi connectivity index (χ2v) is 6.15. The topological polar surface area (TPSA) is 62.9 Å². The Labute approximate surface area is 132 Å². The summed E-state index contributed by atoms with van der Waals surface area (Å²) in [5.74, 6) is 1.04. The number of nitrogens with one attached hydrogen (secondary N) is 1. The van der Waals surface area contributed by atoms with E-state index in [9.17, 15) is 0 Å². The minimum Gasteiger partial charge on any atom is -0.490 e. The first-order chi connectivity index (χ1) is 10.8. The standard InChI is InChI=1S/C17H26N4O/c18-15(8-10-20-21-11-3-9-19-13-21)12-16-7-6-14-4-1-2-5-17(14)22-16/h1-2,4-5,13,15-16,20H,3,6-12,18H2/t15-,16?/m1/s1. The van der Waals surface area contributed by atoms with Crippen molar-refractivity contribution in [3.8, 4) is 5.75 Å². The number of fused-ring (bicyclic) bond motifs is 1. The number of para-hydroxylation sites is 1. The van der Waals surface area contributed by atoms with Crippen LogP contribution in [0.1, 0.15) is 31.2 Å². The number of nitrogens with two attached hydrogens (primary N) is 1. The van der Waals surface area contributed by atoms with Crippen LogP contribution in [0.4, 0.5) is 0 Å². The van der Waals surface area contributed by atoms with Gasteiger partial charge >= 0.3 is 0 Å². The smallest absolute Gasteiger partial charge is 0.122 e. The Balaban J connectivity index is 1.38. The summed E-state index contributed by atoms with van der Waals surface area (Å²) in [6, 6.07) is 8.49. The van der Waals surface area contributed by atoms with Gasteiger partial charge in [0, 0.05) is 25.7 Å². The number of ether oxygens (including phenoxy) is 1. The largest absolute Gasteiger partial charge is 0.490 e. The van der Waals surface area contributed by atoms with E-state index in [1.54, 1.807) is 0 Å². The summed E-state index contributed by atoms with van der Waals surface area (Å²) in [4.78, 5) is 4.26. The molecule has 0 aliphatic carbocycles. The third-order valence-electron chi connectivity index (χ3n) is 4.30. The molecule has 1 aromatic rings. The molecule has 2 atom stereocenters. The van der Waals surface area contributed by atoms with E-state index in [0.717, 1.165) is 57.5 Å². The van der Waals surface area contributed by atoms with Crippen molar-refractivity contribution < 1.29 is 4.74 Å². The van der Waals surface area contributed by atoms with Gasteiger partial charge in [-0.15, -0.1) is 0 Å². The summed E-state index contributed by atoms with van der Waals surface area (Å²) < 4.78 is 6.07. The zero-order valence-corrected chi connectivity index (χ0v) is 13.1. The van der Waals surface area contributed by atoms with E-state index in [2.05, 4.69) is 33.6 Å². The van der Waals surface area contributed by atoms with Crippen LogP contribution >= 0.6 is 0 Å². The van der Waals surface area contributed by atoms with Crippen molar-refractivity contribution in [2.45, 2.75) is 44.2 Å². The van der Waals surface area contributed by atoms with Crippen LogP contribution in [0.5, 0.6) is 5.75 Å². The van der Waals surface area contributed by atoms with Gasteiger partial charge in [-0.05, 0) is 43.7 Å². The highest BCUT2D eigenvalue weighted by Gasteiger charge is 2.21. The van der Waals surface area contributed by atoms with Crippen LogP contribution in [0.3, 0.4) is 0 Å². The van der Waals surface area contributed by atoms with Gasteiger partial charge < -0.3 is 10.5 Å². The molecular formula is C17H26N4O. The van der Waals surface area contributed by atoms with Crippen molar-refractivity contribution in [3.05, 3.63) is 29.8 Å². The molecular weight excluding hydrogens is 276 g/mol. The van der Waals surface area contributed by atoms with Gasteiger partial charge in [0.05, 0.1) is 6.34 Å². The number of hydrogen-bond acceptors (Lipinski definition) is 5. The van der Waals surface area contributed by atoms with Crippen molar-refractivity contribution >= 4 is 6.34 Å². The minimum atomic E-state index is 0.171. The van der Waals surface area contributed by atoms with Gasteiger partial charge in [-0.1, -0.05) is 18.2 Å².